The number of primary sulfonamides is 1. The molecule has 0 fully saturated rings. The van der Waals surface area contributed by atoms with E-state index < -0.39 is 10.0 Å². The van der Waals surface area contributed by atoms with E-state index in [9.17, 15) is 13.2 Å². The van der Waals surface area contributed by atoms with E-state index in [1.54, 1.807) is 47.1 Å². The van der Waals surface area contributed by atoms with Gasteiger partial charge < -0.3 is 5.32 Å². The lowest BCUT2D eigenvalue weighted by Gasteiger charge is -2.14. The summed E-state index contributed by atoms with van der Waals surface area (Å²) in [6.45, 7) is 3.81. The second kappa shape index (κ2) is 9.48. The number of nitrogens with zero attached hydrogens (tertiary/aromatic N) is 2. The lowest BCUT2D eigenvalue weighted by atomic mass is 10.1. The zero-order valence-electron chi connectivity index (χ0n) is 20.1. The number of nitrogens with one attached hydrogen (secondary N) is 1. The van der Waals surface area contributed by atoms with Crippen LogP contribution in [-0.4, -0.2) is 24.1 Å². The molecule has 37 heavy (non-hydrogen) atoms. The maximum absolute atomic E-state index is 13.4. The average Bonchev–Trinajstić information content (AvgIpc) is 3.25. The molecule has 186 valence electrons. The Morgan fingerprint density at radius 1 is 0.919 bits per heavy atom. The van der Waals surface area contributed by atoms with E-state index in [1.165, 1.54) is 6.07 Å². The second-order valence-electron chi connectivity index (χ2n) is 8.76. The highest BCUT2D eigenvalue weighted by Gasteiger charge is 2.20. The van der Waals surface area contributed by atoms with Crippen LogP contribution in [0.3, 0.4) is 0 Å². The number of rotatable bonds is 5. The Bertz CT molecular complexity index is 1800. The van der Waals surface area contributed by atoms with Crippen molar-refractivity contribution in [2.45, 2.75) is 18.7 Å². The van der Waals surface area contributed by atoms with Crippen molar-refractivity contribution in [1.29, 1.82) is 0 Å². The molecule has 1 amide bonds. The summed E-state index contributed by atoms with van der Waals surface area (Å²) in [5.41, 5.74) is 4.19. The van der Waals surface area contributed by atoms with Gasteiger partial charge in [-0.3, -0.25) is 4.79 Å². The van der Waals surface area contributed by atoms with Crippen molar-refractivity contribution in [3.05, 3.63) is 107 Å². The van der Waals surface area contributed by atoms with Gasteiger partial charge in [0.2, 0.25) is 10.0 Å². The fourth-order valence-electron chi connectivity index (χ4n) is 4.34. The summed E-state index contributed by atoms with van der Waals surface area (Å²) in [5.74, 6) is -0.382. The predicted molar refractivity (Wildman–Crippen MR) is 147 cm³/mol. The number of nitrogens with two attached hydrogens (primary N) is 1. The average molecular weight is 531 g/mol. The Morgan fingerprint density at radius 2 is 1.59 bits per heavy atom. The van der Waals surface area contributed by atoms with Gasteiger partial charge in [-0.2, -0.15) is 5.10 Å². The fourth-order valence-corrected chi connectivity index (χ4v) is 5.33. The number of amides is 1. The first-order valence-corrected chi connectivity index (χ1v) is 13.3. The third-order valence-electron chi connectivity index (χ3n) is 6.08. The lowest BCUT2D eigenvalue weighted by Crippen LogP contribution is -2.17. The summed E-state index contributed by atoms with van der Waals surface area (Å²) in [4.78, 5) is 13.4. The summed E-state index contributed by atoms with van der Waals surface area (Å²) in [5, 5.41) is 15.2. The Labute approximate surface area is 219 Å². The molecule has 0 saturated carbocycles. The standard InChI is InChI=1S/C28H23ClN4O3S/c1-17-13-19-7-3-4-8-20(19)16-25(17)33-26(14-18(2)32-33)28(34)31-24-12-11-21(15-23(24)29)22-9-5-6-10-27(22)37(30,35)36/h3-16H,1-2H3,(H,31,34)(H2,30,35,36). The van der Waals surface area contributed by atoms with Gasteiger partial charge in [0, 0.05) is 5.56 Å². The molecule has 4 aromatic carbocycles. The van der Waals surface area contributed by atoms with Crippen LogP contribution < -0.4 is 10.5 Å². The molecule has 0 aliphatic carbocycles. The first-order valence-electron chi connectivity index (χ1n) is 11.4. The molecule has 0 atom stereocenters. The molecule has 1 heterocycles. The minimum absolute atomic E-state index is 0.00650. The topological polar surface area (TPSA) is 107 Å². The van der Waals surface area contributed by atoms with Gasteiger partial charge in [0.05, 0.1) is 27.0 Å². The second-order valence-corrected chi connectivity index (χ2v) is 10.7. The highest BCUT2D eigenvalue weighted by Crippen LogP contribution is 2.32. The molecule has 1 aromatic heterocycles. The van der Waals surface area contributed by atoms with Gasteiger partial charge in [0.1, 0.15) is 5.69 Å². The van der Waals surface area contributed by atoms with Gasteiger partial charge in [-0.05, 0) is 72.1 Å². The van der Waals surface area contributed by atoms with Crippen LogP contribution in [0.1, 0.15) is 21.7 Å². The number of aromatic nitrogens is 2. The van der Waals surface area contributed by atoms with Gasteiger partial charge in [0.25, 0.3) is 5.91 Å². The summed E-state index contributed by atoms with van der Waals surface area (Å²) < 4.78 is 25.7. The van der Waals surface area contributed by atoms with E-state index in [1.807, 2.05) is 44.2 Å². The van der Waals surface area contributed by atoms with Crippen molar-refractivity contribution in [3.63, 3.8) is 0 Å². The smallest absolute Gasteiger partial charge is 0.274 e. The first kappa shape index (κ1) is 24.7. The molecule has 0 aliphatic heterocycles. The van der Waals surface area contributed by atoms with Crippen molar-refractivity contribution in [3.8, 4) is 16.8 Å². The number of hydrogen-bond donors (Lipinski definition) is 2. The van der Waals surface area contributed by atoms with Crippen molar-refractivity contribution < 1.29 is 13.2 Å². The molecule has 0 saturated heterocycles. The van der Waals surface area contributed by atoms with Crippen LogP contribution in [0.2, 0.25) is 5.02 Å². The molecule has 0 aliphatic rings. The first-order chi connectivity index (χ1) is 17.6. The van der Waals surface area contributed by atoms with E-state index in [2.05, 4.69) is 16.5 Å². The number of anilines is 1. The monoisotopic (exact) mass is 530 g/mol. The maximum atomic E-state index is 13.4. The van der Waals surface area contributed by atoms with Crippen LogP contribution >= 0.6 is 11.6 Å². The van der Waals surface area contributed by atoms with Crippen LogP contribution in [0.5, 0.6) is 0 Å². The van der Waals surface area contributed by atoms with E-state index in [0.29, 0.717) is 28.2 Å². The Balaban J connectivity index is 1.49. The minimum Gasteiger partial charge on any atom is -0.319 e. The van der Waals surface area contributed by atoms with Gasteiger partial charge in [-0.15, -0.1) is 0 Å². The molecule has 5 rings (SSSR count). The molecular weight excluding hydrogens is 508 g/mol. The quantitative estimate of drug-likeness (QED) is 0.296. The highest BCUT2D eigenvalue weighted by atomic mass is 35.5. The summed E-state index contributed by atoms with van der Waals surface area (Å²) in [6.07, 6.45) is 0. The maximum Gasteiger partial charge on any atom is 0.274 e. The number of hydrogen-bond acceptors (Lipinski definition) is 4. The molecule has 0 unspecified atom stereocenters. The van der Waals surface area contributed by atoms with Gasteiger partial charge in [-0.1, -0.05) is 60.1 Å². The normalized spacial score (nSPS) is 11.6. The molecule has 0 bridgehead atoms. The van der Waals surface area contributed by atoms with Crippen LogP contribution in [-0.2, 0) is 10.0 Å². The van der Waals surface area contributed by atoms with Crippen molar-refractivity contribution in [2.24, 2.45) is 5.14 Å². The number of halogens is 1. The lowest BCUT2D eigenvalue weighted by molar-refractivity contribution is 0.101. The van der Waals surface area contributed by atoms with E-state index in [0.717, 1.165) is 22.0 Å². The summed E-state index contributed by atoms with van der Waals surface area (Å²) >= 11 is 6.51. The van der Waals surface area contributed by atoms with Crippen molar-refractivity contribution in [2.75, 3.05) is 5.32 Å². The van der Waals surface area contributed by atoms with Crippen LogP contribution in [0.4, 0.5) is 5.69 Å². The van der Waals surface area contributed by atoms with Gasteiger partial charge in [0.15, 0.2) is 0 Å². The van der Waals surface area contributed by atoms with E-state index in [-0.39, 0.29) is 15.8 Å². The van der Waals surface area contributed by atoms with E-state index in [4.69, 9.17) is 16.7 Å². The van der Waals surface area contributed by atoms with E-state index >= 15 is 0 Å². The van der Waals surface area contributed by atoms with Crippen molar-refractivity contribution in [1.82, 2.24) is 9.78 Å². The number of benzene rings is 4. The molecule has 5 aromatic rings. The highest BCUT2D eigenvalue weighted by molar-refractivity contribution is 7.89. The molecule has 0 spiro atoms. The predicted octanol–water partition coefficient (Wildman–Crippen LogP) is 5.86. The zero-order chi connectivity index (χ0) is 26.3. The number of sulfonamides is 1. The number of aryl methyl sites for hydroxylation is 2. The largest absolute Gasteiger partial charge is 0.319 e. The SMILES string of the molecule is Cc1cc(C(=O)Nc2ccc(-c3ccccc3S(N)(=O)=O)cc2Cl)n(-c2cc3ccccc3cc2C)n1. The Hall–Kier alpha value is -3.98. The number of carbonyl (C=O) groups excluding carboxylic acids is 1. The summed E-state index contributed by atoms with van der Waals surface area (Å²) in [6, 6.07) is 25.1. The molecule has 3 N–H and O–H groups in total. The minimum atomic E-state index is -3.93. The van der Waals surface area contributed by atoms with Crippen molar-refractivity contribution >= 4 is 44.0 Å². The molecule has 0 radical (unpaired) electrons. The molecular formula is C28H23ClN4O3S. The molecule has 9 heteroatoms. The zero-order valence-corrected chi connectivity index (χ0v) is 21.6. The third kappa shape index (κ3) is 4.86. The number of fused-ring (bicyclic) bond motifs is 1. The Morgan fingerprint density at radius 3 is 2.30 bits per heavy atom. The van der Waals surface area contributed by atoms with Crippen LogP contribution in [0, 0.1) is 13.8 Å². The van der Waals surface area contributed by atoms with Crippen LogP contribution in [0.25, 0.3) is 27.6 Å². The molecule has 7 nitrogen and oxygen atoms in total. The fraction of sp³-hybridized carbons (Fsp3) is 0.0714. The number of carbonyl (C=O) groups is 1. The van der Waals surface area contributed by atoms with Gasteiger partial charge in [-0.25, -0.2) is 18.2 Å². The summed E-state index contributed by atoms with van der Waals surface area (Å²) in [7, 11) is -3.93. The third-order valence-corrected chi connectivity index (χ3v) is 7.36. The Kier molecular flexibility index (Phi) is 6.33. The van der Waals surface area contributed by atoms with Gasteiger partial charge >= 0.3 is 0 Å². The van der Waals surface area contributed by atoms with Crippen LogP contribution in [0.15, 0.2) is 89.8 Å².